The average Bonchev–Trinajstić information content (AvgIpc) is 2.47. The molecule has 0 amide bonds. The van der Waals surface area contributed by atoms with E-state index in [-0.39, 0.29) is 11.5 Å². The number of aliphatic hydroxyl groups is 1. The molecule has 2 aromatic carbocycles. The fourth-order valence-corrected chi connectivity index (χ4v) is 2.74. The van der Waals surface area contributed by atoms with Crippen molar-refractivity contribution in [1.29, 1.82) is 0 Å². The quantitative estimate of drug-likeness (QED) is 0.890. The fraction of sp³-hybridized carbons (Fsp3) is 0.250. The van der Waals surface area contributed by atoms with Crippen molar-refractivity contribution in [2.24, 2.45) is 0 Å². The number of nitrogens with one attached hydrogen (secondary N) is 1. The standard InChI is InChI=1S/C16H19NO3S/c1-16(12-18,17-14-6-4-3-5-7-14)13-8-10-15(11-9-13)21(2,19)20/h3-11,17-18H,12H2,1-2H3. The van der Waals surface area contributed by atoms with E-state index in [2.05, 4.69) is 5.32 Å². The normalized spacial score (nSPS) is 14.4. The lowest BCUT2D eigenvalue weighted by molar-refractivity contribution is 0.224. The third-order valence-electron chi connectivity index (χ3n) is 3.43. The average molecular weight is 305 g/mol. The second-order valence-electron chi connectivity index (χ2n) is 5.28. The highest BCUT2D eigenvalue weighted by Gasteiger charge is 2.25. The Morgan fingerprint density at radius 2 is 1.62 bits per heavy atom. The van der Waals surface area contributed by atoms with Crippen LogP contribution in [0.4, 0.5) is 5.69 Å². The Bertz CT molecular complexity index is 696. The smallest absolute Gasteiger partial charge is 0.175 e. The van der Waals surface area contributed by atoms with E-state index in [1.165, 1.54) is 6.26 Å². The molecule has 2 aromatic rings. The van der Waals surface area contributed by atoms with Gasteiger partial charge in [-0.2, -0.15) is 0 Å². The molecule has 0 bridgehead atoms. The lowest BCUT2D eigenvalue weighted by Gasteiger charge is -2.30. The Hall–Kier alpha value is -1.85. The molecular formula is C16H19NO3S. The Morgan fingerprint density at radius 3 is 2.10 bits per heavy atom. The maximum absolute atomic E-state index is 11.5. The van der Waals surface area contributed by atoms with Crippen molar-refractivity contribution in [3.8, 4) is 0 Å². The highest BCUT2D eigenvalue weighted by Crippen LogP contribution is 2.26. The Balaban J connectivity index is 2.32. The molecular weight excluding hydrogens is 286 g/mol. The number of para-hydroxylation sites is 1. The van der Waals surface area contributed by atoms with Crippen LogP contribution in [0.15, 0.2) is 59.5 Å². The van der Waals surface area contributed by atoms with Gasteiger partial charge in [0.05, 0.1) is 17.0 Å². The molecule has 1 unspecified atom stereocenters. The number of hydrogen-bond acceptors (Lipinski definition) is 4. The number of sulfone groups is 1. The second kappa shape index (κ2) is 5.87. The van der Waals surface area contributed by atoms with Gasteiger partial charge in [0.2, 0.25) is 0 Å². The van der Waals surface area contributed by atoms with Crippen LogP contribution in [0.3, 0.4) is 0 Å². The van der Waals surface area contributed by atoms with E-state index < -0.39 is 15.4 Å². The first-order valence-corrected chi connectivity index (χ1v) is 8.49. The molecule has 0 saturated heterocycles. The molecule has 112 valence electrons. The van der Waals surface area contributed by atoms with Crippen LogP contribution in [0.5, 0.6) is 0 Å². The minimum atomic E-state index is -3.21. The zero-order chi connectivity index (χ0) is 15.5. The third kappa shape index (κ3) is 3.62. The molecule has 0 fully saturated rings. The Labute approximate surface area is 125 Å². The predicted octanol–water partition coefficient (Wildman–Crippen LogP) is 2.41. The minimum absolute atomic E-state index is 0.111. The van der Waals surface area contributed by atoms with Gasteiger partial charge in [-0.15, -0.1) is 0 Å². The van der Waals surface area contributed by atoms with Crippen LogP contribution in [0, 0.1) is 0 Å². The van der Waals surface area contributed by atoms with Crippen molar-refractivity contribution >= 4 is 15.5 Å². The summed E-state index contributed by atoms with van der Waals surface area (Å²) in [5, 5.41) is 13.0. The van der Waals surface area contributed by atoms with Crippen molar-refractivity contribution in [2.75, 3.05) is 18.2 Å². The summed E-state index contributed by atoms with van der Waals surface area (Å²) < 4.78 is 23.0. The lowest BCUT2D eigenvalue weighted by atomic mass is 9.92. The first-order chi connectivity index (χ1) is 9.85. The van der Waals surface area contributed by atoms with E-state index in [0.29, 0.717) is 0 Å². The molecule has 2 N–H and O–H groups in total. The highest BCUT2D eigenvalue weighted by molar-refractivity contribution is 7.90. The van der Waals surface area contributed by atoms with Crippen LogP contribution in [0.1, 0.15) is 12.5 Å². The number of aliphatic hydroxyl groups excluding tert-OH is 1. The van der Waals surface area contributed by atoms with Gasteiger partial charge in [-0.05, 0) is 36.8 Å². The first kappa shape index (κ1) is 15.5. The summed E-state index contributed by atoms with van der Waals surface area (Å²) in [4.78, 5) is 0.270. The summed E-state index contributed by atoms with van der Waals surface area (Å²) in [7, 11) is -3.21. The van der Waals surface area contributed by atoms with Crippen molar-refractivity contribution in [3.63, 3.8) is 0 Å². The number of benzene rings is 2. The first-order valence-electron chi connectivity index (χ1n) is 6.60. The Kier molecular flexibility index (Phi) is 4.34. The number of anilines is 1. The third-order valence-corrected chi connectivity index (χ3v) is 4.56. The van der Waals surface area contributed by atoms with Crippen LogP contribution in [-0.4, -0.2) is 26.4 Å². The molecule has 1 atom stereocenters. The van der Waals surface area contributed by atoms with Crippen molar-refractivity contribution < 1.29 is 13.5 Å². The van der Waals surface area contributed by atoms with Crippen LogP contribution in [0.2, 0.25) is 0 Å². The molecule has 2 rings (SSSR count). The zero-order valence-electron chi connectivity index (χ0n) is 12.1. The van der Waals surface area contributed by atoms with Crippen molar-refractivity contribution in [3.05, 3.63) is 60.2 Å². The summed E-state index contributed by atoms with van der Waals surface area (Å²) >= 11 is 0. The van der Waals surface area contributed by atoms with Gasteiger partial charge < -0.3 is 10.4 Å². The van der Waals surface area contributed by atoms with Gasteiger partial charge in [-0.3, -0.25) is 0 Å². The maximum Gasteiger partial charge on any atom is 0.175 e. The summed E-state index contributed by atoms with van der Waals surface area (Å²) in [6.45, 7) is 1.76. The molecule has 21 heavy (non-hydrogen) atoms. The van der Waals surface area contributed by atoms with Gasteiger partial charge in [-0.25, -0.2) is 8.42 Å². The number of hydrogen-bond donors (Lipinski definition) is 2. The van der Waals surface area contributed by atoms with E-state index in [1.807, 2.05) is 37.3 Å². The molecule has 0 aromatic heterocycles. The summed E-state index contributed by atoms with van der Waals surface area (Å²) in [5.41, 5.74) is 1.03. The Morgan fingerprint density at radius 1 is 1.05 bits per heavy atom. The largest absolute Gasteiger partial charge is 0.394 e. The summed E-state index contributed by atoms with van der Waals surface area (Å²) in [6, 6.07) is 16.1. The van der Waals surface area contributed by atoms with Gasteiger partial charge in [-0.1, -0.05) is 30.3 Å². The van der Waals surface area contributed by atoms with E-state index in [0.717, 1.165) is 11.3 Å². The zero-order valence-corrected chi connectivity index (χ0v) is 12.9. The highest BCUT2D eigenvalue weighted by atomic mass is 32.2. The molecule has 4 nitrogen and oxygen atoms in total. The van der Waals surface area contributed by atoms with Crippen molar-refractivity contribution in [1.82, 2.24) is 0 Å². The van der Waals surface area contributed by atoms with Gasteiger partial charge >= 0.3 is 0 Å². The van der Waals surface area contributed by atoms with Gasteiger partial charge in [0.1, 0.15) is 0 Å². The van der Waals surface area contributed by atoms with E-state index in [9.17, 15) is 13.5 Å². The van der Waals surface area contributed by atoms with Gasteiger partial charge in [0.15, 0.2) is 9.84 Å². The van der Waals surface area contributed by atoms with Crippen LogP contribution >= 0.6 is 0 Å². The molecule has 0 heterocycles. The van der Waals surface area contributed by atoms with Gasteiger partial charge in [0.25, 0.3) is 0 Å². The van der Waals surface area contributed by atoms with Crippen LogP contribution < -0.4 is 5.32 Å². The molecule has 0 radical (unpaired) electrons. The van der Waals surface area contributed by atoms with Gasteiger partial charge in [0, 0.05) is 11.9 Å². The number of rotatable bonds is 5. The molecule has 0 aliphatic carbocycles. The summed E-state index contributed by atoms with van der Waals surface area (Å²) in [5.74, 6) is 0. The fourth-order valence-electron chi connectivity index (χ4n) is 2.11. The van der Waals surface area contributed by atoms with Crippen molar-refractivity contribution in [2.45, 2.75) is 17.4 Å². The predicted molar refractivity (Wildman–Crippen MR) is 84.1 cm³/mol. The molecule has 0 spiro atoms. The van der Waals surface area contributed by atoms with E-state index >= 15 is 0 Å². The second-order valence-corrected chi connectivity index (χ2v) is 7.29. The summed E-state index contributed by atoms with van der Waals surface area (Å²) in [6.07, 6.45) is 1.18. The molecule has 5 heteroatoms. The van der Waals surface area contributed by atoms with Crippen LogP contribution in [0.25, 0.3) is 0 Å². The SMILES string of the molecule is CC(CO)(Nc1ccccc1)c1ccc(S(C)(=O)=O)cc1. The molecule has 0 aliphatic rings. The monoisotopic (exact) mass is 305 g/mol. The topological polar surface area (TPSA) is 66.4 Å². The lowest BCUT2D eigenvalue weighted by Crippen LogP contribution is -2.35. The maximum atomic E-state index is 11.5. The molecule has 0 saturated carbocycles. The minimum Gasteiger partial charge on any atom is -0.394 e. The van der Waals surface area contributed by atoms with Crippen LogP contribution in [-0.2, 0) is 15.4 Å². The molecule has 0 aliphatic heterocycles. The van der Waals surface area contributed by atoms with E-state index in [1.54, 1.807) is 24.3 Å². The van der Waals surface area contributed by atoms with E-state index in [4.69, 9.17) is 0 Å².